The van der Waals surface area contributed by atoms with E-state index in [4.69, 9.17) is 4.74 Å². The van der Waals surface area contributed by atoms with Crippen molar-refractivity contribution in [1.82, 2.24) is 5.32 Å². The Morgan fingerprint density at radius 2 is 2.25 bits per heavy atom. The molecule has 88 valence electrons. The second-order valence-corrected chi connectivity index (χ2v) is 3.53. The van der Waals surface area contributed by atoms with Gasteiger partial charge in [0.25, 0.3) is 0 Å². The Bertz CT molecular complexity index is 377. The minimum absolute atomic E-state index is 0.109. The molecule has 0 heterocycles. The van der Waals surface area contributed by atoms with Crippen LogP contribution in [-0.2, 0) is 0 Å². The maximum atomic E-state index is 13.1. The number of nitrogens with one attached hydrogen (secondary N) is 1. The number of alkyl halides is 1. The van der Waals surface area contributed by atoms with E-state index < -0.39 is 6.17 Å². The van der Waals surface area contributed by atoms with Crippen LogP contribution in [0.5, 0.6) is 5.75 Å². The molecule has 4 heteroatoms. The fourth-order valence-electron chi connectivity index (χ4n) is 1.45. The summed E-state index contributed by atoms with van der Waals surface area (Å²) in [7, 11) is 3.18. The first kappa shape index (κ1) is 12.6. The number of rotatable bonds is 5. The number of halogens is 1. The molecule has 1 atom stereocenters. The molecule has 0 fully saturated rings. The van der Waals surface area contributed by atoms with Gasteiger partial charge in [-0.1, -0.05) is 6.07 Å². The summed E-state index contributed by atoms with van der Waals surface area (Å²) in [5.74, 6) is 0.367. The van der Waals surface area contributed by atoms with Crippen molar-refractivity contribution in [2.75, 3.05) is 20.7 Å². The van der Waals surface area contributed by atoms with Crippen molar-refractivity contribution in [2.45, 2.75) is 13.1 Å². The van der Waals surface area contributed by atoms with Crippen molar-refractivity contribution >= 4 is 5.78 Å². The number of ketones is 1. The van der Waals surface area contributed by atoms with Crippen LogP contribution in [0.15, 0.2) is 18.2 Å². The summed E-state index contributed by atoms with van der Waals surface area (Å²) in [5.41, 5.74) is 0.902. The van der Waals surface area contributed by atoms with Gasteiger partial charge in [-0.2, -0.15) is 0 Å². The fourth-order valence-corrected chi connectivity index (χ4v) is 1.45. The van der Waals surface area contributed by atoms with Crippen LogP contribution in [0.2, 0.25) is 0 Å². The van der Waals surface area contributed by atoms with Crippen molar-refractivity contribution in [1.29, 1.82) is 0 Å². The van der Waals surface area contributed by atoms with Crippen molar-refractivity contribution in [3.05, 3.63) is 29.3 Å². The first-order valence-corrected chi connectivity index (χ1v) is 5.10. The molecule has 3 nitrogen and oxygen atoms in total. The molecule has 0 aliphatic heterocycles. The highest BCUT2D eigenvalue weighted by atomic mass is 19.1. The number of likely N-dealkylation sites (N-methyl/N-ethyl adjacent to an activating group) is 1. The maximum absolute atomic E-state index is 13.1. The van der Waals surface area contributed by atoms with E-state index in [1.165, 1.54) is 14.0 Å². The van der Waals surface area contributed by atoms with E-state index in [0.717, 1.165) is 0 Å². The Morgan fingerprint density at radius 1 is 1.56 bits per heavy atom. The summed E-state index contributed by atoms with van der Waals surface area (Å²) in [5, 5.41) is 2.77. The second kappa shape index (κ2) is 5.61. The molecule has 0 aliphatic carbocycles. The average Bonchev–Trinajstić information content (AvgIpc) is 2.28. The van der Waals surface area contributed by atoms with E-state index >= 15 is 0 Å². The summed E-state index contributed by atoms with van der Waals surface area (Å²) in [6.45, 7) is 1.65. The van der Waals surface area contributed by atoms with E-state index in [2.05, 4.69) is 5.32 Å². The van der Waals surface area contributed by atoms with Crippen LogP contribution in [0.4, 0.5) is 4.39 Å². The Hall–Kier alpha value is -1.42. The molecule has 16 heavy (non-hydrogen) atoms. The largest absolute Gasteiger partial charge is 0.496 e. The summed E-state index contributed by atoms with van der Waals surface area (Å²) < 4.78 is 18.2. The van der Waals surface area contributed by atoms with Crippen LogP contribution >= 0.6 is 0 Å². The molecule has 1 N–H and O–H groups in total. The Labute approximate surface area is 94.6 Å². The third kappa shape index (κ3) is 2.79. The van der Waals surface area contributed by atoms with Gasteiger partial charge in [0.15, 0.2) is 5.78 Å². The summed E-state index contributed by atoms with van der Waals surface area (Å²) in [6, 6.07) is 4.79. The zero-order valence-electron chi connectivity index (χ0n) is 9.71. The molecule has 0 saturated carbocycles. The number of methoxy groups -OCH3 is 1. The highest BCUT2D eigenvalue weighted by Crippen LogP contribution is 2.25. The van der Waals surface area contributed by atoms with Crippen LogP contribution in [0.3, 0.4) is 0 Å². The van der Waals surface area contributed by atoms with Gasteiger partial charge in [-0.25, -0.2) is 4.39 Å². The van der Waals surface area contributed by atoms with Gasteiger partial charge in [0.1, 0.15) is 11.9 Å². The van der Waals surface area contributed by atoms with Crippen molar-refractivity contribution in [2.24, 2.45) is 0 Å². The standard InChI is InChI=1S/C12H16FNO2/c1-8(13)9-4-5-12(16-3)10(6-9)11(15)7-14-2/h4-6,8,14H,7H2,1-3H3. The van der Waals surface area contributed by atoms with Gasteiger partial charge in [-0.05, 0) is 31.7 Å². The van der Waals surface area contributed by atoms with Crippen LogP contribution in [-0.4, -0.2) is 26.5 Å². The van der Waals surface area contributed by atoms with Gasteiger partial charge in [-0.3, -0.25) is 4.79 Å². The second-order valence-electron chi connectivity index (χ2n) is 3.53. The minimum atomic E-state index is -1.09. The first-order valence-electron chi connectivity index (χ1n) is 5.10. The van der Waals surface area contributed by atoms with Crippen LogP contribution in [0.1, 0.15) is 29.0 Å². The van der Waals surface area contributed by atoms with Gasteiger partial charge in [0.2, 0.25) is 0 Å². The van der Waals surface area contributed by atoms with Gasteiger partial charge in [0.05, 0.1) is 19.2 Å². The lowest BCUT2D eigenvalue weighted by Gasteiger charge is -2.10. The number of Topliss-reactive ketones (excluding diaryl/α,β-unsaturated/α-hetero) is 1. The summed E-state index contributed by atoms with van der Waals surface area (Å²) in [6.07, 6.45) is -1.09. The quantitative estimate of drug-likeness (QED) is 0.780. The van der Waals surface area contributed by atoms with E-state index in [1.54, 1.807) is 25.2 Å². The predicted octanol–water partition coefficient (Wildman–Crippen LogP) is 2.13. The van der Waals surface area contributed by atoms with Gasteiger partial charge in [0, 0.05) is 0 Å². The Balaban J connectivity index is 3.11. The van der Waals surface area contributed by atoms with Crippen LogP contribution < -0.4 is 10.1 Å². The molecule has 0 bridgehead atoms. The molecule has 0 aromatic heterocycles. The number of ether oxygens (including phenoxy) is 1. The van der Waals surface area contributed by atoms with E-state index in [9.17, 15) is 9.18 Å². The predicted molar refractivity (Wildman–Crippen MR) is 60.8 cm³/mol. The molecule has 1 unspecified atom stereocenters. The molecule has 1 aromatic rings. The summed E-state index contributed by atoms with van der Waals surface area (Å²) in [4.78, 5) is 11.7. The van der Waals surface area contributed by atoms with E-state index in [-0.39, 0.29) is 12.3 Å². The highest BCUT2D eigenvalue weighted by Gasteiger charge is 2.14. The molecule has 1 aromatic carbocycles. The van der Waals surface area contributed by atoms with Crippen LogP contribution in [0.25, 0.3) is 0 Å². The zero-order chi connectivity index (χ0) is 12.1. The fraction of sp³-hybridized carbons (Fsp3) is 0.417. The van der Waals surface area contributed by atoms with Crippen molar-refractivity contribution in [3.63, 3.8) is 0 Å². The maximum Gasteiger partial charge on any atom is 0.180 e. The average molecular weight is 225 g/mol. The third-order valence-electron chi connectivity index (χ3n) is 2.32. The lowest BCUT2D eigenvalue weighted by atomic mass is 10.0. The molecule has 0 saturated heterocycles. The molecule has 0 amide bonds. The number of benzene rings is 1. The molecular formula is C12H16FNO2. The van der Waals surface area contributed by atoms with Crippen LogP contribution in [0, 0.1) is 0 Å². The number of carbonyl (C=O) groups excluding carboxylic acids is 1. The van der Waals surface area contributed by atoms with Gasteiger partial charge >= 0.3 is 0 Å². The number of carbonyl (C=O) groups is 1. The molecular weight excluding hydrogens is 209 g/mol. The van der Waals surface area contributed by atoms with Gasteiger partial charge in [-0.15, -0.1) is 0 Å². The molecule has 0 spiro atoms. The SMILES string of the molecule is CNCC(=O)c1cc(C(C)F)ccc1OC. The molecule has 0 aliphatic rings. The smallest absolute Gasteiger partial charge is 0.180 e. The Morgan fingerprint density at radius 3 is 2.75 bits per heavy atom. The van der Waals surface area contributed by atoms with E-state index in [1.807, 2.05) is 0 Å². The summed E-state index contributed by atoms with van der Waals surface area (Å²) >= 11 is 0. The van der Waals surface area contributed by atoms with Crippen molar-refractivity contribution in [3.8, 4) is 5.75 Å². The zero-order valence-corrected chi connectivity index (χ0v) is 9.71. The lowest BCUT2D eigenvalue weighted by molar-refractivity contribution is 0.0990. The topological polar surface area (TPSA) is 38.3 Å². The van der Waals surface area contributed by atoms with Crippen molar-refractivity contribution < 1.29 is 13.9 Å². The normalized spacial score (nSPS) is 12.2. The molecule has 1 rings (SSSR count). The third-order valence-corrected chi connectivity index (χ3v) is 2.32. The molecule has 0 radical (unpaired) electrons. The van der Waals surface area contributed by atoms with Gasteiger partial charge < -0.3 is 10.1 Å². The Kier molecular flexibility index (Phi) is 4.43. The number of hydrogen-bond acceptors (Lipinski definition) is 3. The highest BCUT2D eigenvalue weighted by molar-refractivity contribution is 6.00. The lowest BCUT2D eigenvalue weighted by Crippen LogP contribution is -2.19. The number of hydrogen-bond donors (Lipinski definition) is 1. The minimum Gasteiger partial charge on any atom is -0.496 e. The van der Waals surface area contributed by atoms with E-state index in [0.29, 0.717) is 16.9 Å². The first-order chi connectivity index (χ1) is 7.60. The monoisotopic (exact) mass is 225 g/mol.